The Bertz CT molecular complexity index is 1320. The molecule has 156 valence electrons. The largest absolute Gasteiger partial charge is 0.493 e. The van der Waals surface area contributed by atoms with E-state index < -0.39 is 0 Å². The Labute approximate surface area is 182 Å². The van der Waals surface area contributed by atoms with E-state index in [1.54, 1.807) is 14.2 Å². The van der Waals surface area contributed by atoms with Crippen LogP contribution in [0.5, 0.6) is 11.5 Å². The summed E-state index contributed by atoms with van der Waals surface area (Å²) in [6.07, 6.45) is 2.24. The van der Waals surface area contributed by atoms with Gasteiger partial charge in [0.25, 0.3) is 0 Å². The highest BCUT2D eigenvalue weighted by atomic mass is 16.5. The molecule has 1 atom stereocenters. The summed E-state index contributed by atoms with van der Waals surface area (Å²) < 4.78 is 13.6. The van der Waals surface area contributed by atoms with Gasteiger partial charge in [-0.2, -0.15) is 0 Å². The van der Waals surface area contributed by atoms with Gasteiger partial charge in [0.15, 0.2) is 11.5 Å². The van der Waals surface area contributed by atoms with Crippen molar-refractivity contribution in [1.82, 2.24) is 9.55 Å². The third-order valence-corrected chi connectivity index (χ3v) is 6.01. The molecule has 0 radical (unpaired) electrons. The minimum absolute atomic E-state index is 0.106. The van der Waals surface area contributed by atoms with E-state index in [9.17, 15) is 0 Å². The van der Waals surface area contributed by atoms with Crippen LogP contribution in [0.4, 0.5) is 5.95 Å². The lowest BCUT2D eigenvalue weighted by Crippen LogP contribution is -2.20. The van der Waals surface area contributed by atoms with Crippen LogP contribution in [-0.4, -0.2) is 23.8 Å². The molecular formula is C26H25N3O2. The van der Waals surface area contributed by atoms with Crippen molar-refractivity contribution in [3.8, 4) is 11.5 Å². The molecule has 0 saturated carbocycles. The maximum atomic E-state index is 5.79. The Morgan fingerprint density at radius 2 is 1.74 bits per heavy atom. The number of nitrogens with zero attached hydrogens (tertiary/aromatic N) is 2. The van der Waals surface area contributed by atoms with Gasteiger partial charge in [0.1, 0.15) is 0 Å². The molecule has 3 aromatic carbocycles. The van der Waals surface area contributed by atoms with Crippen LogP contribution in [0.25, 0.3) is 16.7 Å². The molecular weight excluding hydrogens is 386 g/mol. The first kappa shape index (κ1) is 19.2. The molecule has 31 heavy (non-hydrogen) atoms. The first-order valence-corrected chi connectivity index (χ1v) is 10.3. The lowest BCUT2D eigenvalue weighted by Gasteiger charge is -2.28. The fourth-order valence-electron chi connectivity index (χ4n) is 4.26. The molecule has 5 heteroatoms. The third-order valence-electron chi connectivity index (χ3n) is 6.01. The highest BCUT2D eigenvalue weighted by Crippen LogP contribution is 2.42. The van der Waals surface area contributed by atoms with Gasteiger partial charge in [-0.15, -0.1) is 0 Å². The zero-order valence-corrected chi connectivity index (χ0v) is 18.1. The molecule has 1 aliphatic heterocycles. The number of allylic oxidation sites excluding steroid dienone is 1. The number of ether oxygens (including phenoxy) is 2. The molecule has 0 aliphatic carbocycles. The van der Waals surface area contributed by atoms with Crippen LogP contribution < -0.4 is 14.8 Å². The van der Waals surface area contributed by atoms with Gasteiger partial charge in [-0.05, 0) is 60.9 Å². The summed E-state index contributed by atoms with van der Waals surface area (Å²) in [4.78, 5) is 4.88. The molecule has 0 fully saturated rings. The smallest absolute Gasteiger partial charge is 0.209 e. The van der Waals surface area contributed by atoms with Crippen LogP contribution in [-0.2, 0) is 0 Å². The standard InChI is InChI=1S/C26H25N3O2/c1-16-12-13-18(14-17(16)2)21-15-23(19-8-7-11-24(30-3)25(19)31-4)29-22-10-6-5-9-20(22)27-26(29)28-21/h5-15,23H,1-4H3,(H,27,28)/t23-/m0/s1. The number of fused-ring (bicyclic) bond motifs is 3. The number of nitrogens with one attached hydrogen (secondary N) is 1. The number of imidazole rings is 1. The number of aryl methyl sites for hydroxylation is 2. The quantitative estimate of drug-likeness (QED) is 0.466. The van der Waals surface area contributed by atoms with E-state index >= 15 is 0 Å². The molecule has 0 bridgehead atoms. The SMILES string of the molecule is COc1cccc([C@@H]2C=C(c3ccc(C)c(C)c3)Nc3nc4ccccc4n32)c1OC. The monoisotopic (exact) mass is 411 g/mol. The Kier molecular flexibility index (Phi) is 4.66. The van der Waals surface area contributed by atoms with E-state index in [0.717, 1.165) is 39.6 Å². The molecule has 4 aromatic rings. The Morgan fingerprint density at radius 1 is 0.903 bits per heavy atom. The number of anilines is 1. The second-order valence-corrected chi connectivity index (χ2v) is 7.83. The molecule has 0 saturated heterocycles. The highest BCUT2D eigenvalue weighted by Gasteiger charge is 2.28. The van der Waals surface area contributed by atoms with E-state index in [4.69, 9.17) is 14.5 Å². The number of hydrogen-bond donors (Lipinski definition) is 1. The fourth-order valence-corrected chi connectivity index (χ4v) is 4.26. The summed E-state index contributed by atoms with van der Waals surface area (Å²) in [5, 5.41) is 3.56. The Morgan fingerprint density at radius 3 is 2.52 bits per heavy atom. The van der Waals surface area contributed by atoms with Crippen LogP contribution in [0.3, 0.4) is 0 Å². The van der Waals surface area contributed by atoms with Crippen molar-refractivity contribution in [2.24, 2.45) is 0 Å². The van der Waals surface area contributed by atoms with Gasteiger partial charge in [-0.1, -0.05) is 36.4 Å². The fraction of sp³-hybridized carbons (Fsp3) is 0.192. The van der Waals surface area contributed by atoms with E-state index in [2.05, 4.69) is 60.1 Å². The molecule has 1 aliphatic rings. The number of rotatable bonds is 4. The Hall–Kier alpha value is -3.73. The van der Waals surface area contributed by atoms with E-state index in [-0.39, 0.29) is 6.04 Å². The van der Waals surface area contributed by atoms with Gasteiger partial charge in [0.2, 0.25) is 5.95 Å². The lowest BCUT2D eigenvalue weighted by atomic mass is 9.98. The average Bonchev–Trinajstić information content (AvgIpc) is 3.18. The number of para-hydroxylation sites is 3. The van der Waals surface area contributed by atoms with Crippen LogP contribution in [0, 0.1) is 13.8 Å². The number of aromatic nitrogens is 2. The van der Waals surface area contributed by atoms with Crippen LogP contribution in [0.1, 0.15) is 28.3 Å². The van der Waals surface area contributed by atoms with Gasteiger partial charge in [0, 0.05) is 11.3 Å². The second kappa shape index (κ2) is 7.51. The summed E-state index contributed by atoms with van der Waals surface area (Å²) in [7, 11) is 3.35. The van der Waals surface area contributed by atoms with Gasteiger partial charge >= 0.3 is 0 Å². The minimum Gasteiger partial charge on any atom is -0.493 e. The van der Waals surface area contributed by atoms with Crippen LogP contribution >= 0.6 is 0 Å². The summed E-state index contributed by atoms with van der Waals surface area (Å²) in [6, 6.07) is 20.6. The molecule has 2 heterocycles. The molecule has 0 amide bonds. The molecule has 5 rings (SSSR count). The van der Waals surface area contributed by atoms with Crippen molar-refractivity contribution < 1.29 is 9.47 Å². The van der Waals surface area contributed by atoms with Gasteiger partial charge in [0.05, 0.1) is 31.3 Å². The van der Waals surface area contributed by atoms with Crippen molar-refractivity contribution in [2.45, 2.75) is 19.9 Å². The number of methoxy groups -OCH3 is 2. The third kappa shape index (κ3) is 3.13. The zero-order chi connectivity index (χ0) is 21.5. The number of benzene rings is 3. The molecule has 5 nitrogen and oxygen atoms in total. The summed E-state index contributed by atoms with van der Waals surface area (Å²) in [6.45, 7) is 4.27. The lowest BCUT2D eigenvalue weighted by molar-refractivity contribution is 0.350. The van der Waals surface area contributed by atoms with Crippen molar-refractivity contribution in [1.29, 1.82) is 0 Å². The average molecular weight is 412 g/mol. The van der Waals surface area contributed by atoms with E-state index in [1.165, 1.54) is 11.1 Å². The Balaban J connectivity index is 1.76. The zero-order valence-electron chi connectivity index (χ0n) is 18.1. The predicted octanol–water partition coefficient (Wildman–Crippen LogP) is 5.73. The normalized spacial score (nSPS) is 15.2. The molecule has 0 unspecified atom stereocenters. The van der Waals surface area contributed by atoms with Crippen LogP contribution in [0.15, 0.2) is 66.7 Å². The van der Waals surface area contributed by atoms with Crippen LogP contribution in [0.2, 0.25) is 0 Å². The second-order valence-electron chi connectivity index (χ2n) is 7.83. The van der Waals surface area contributed by atoms with Crippen molar-refractivity contribution in [3.05, 3.63) is 89.0 Å². The molecule has 1 N–H and O–H groups in total. The van der Waals surface area contributed by atoms with Gasteiger partial charge in [-0.3, -0.25) is 4.57 Å². The first-order valence-electron chi connectivity index (χ1n) is 10.3. The first-order chi connectivity index (χ1) is 15.1. The van der Waals surface area contributed by atoms with Crippen molar-refractivity contribution in [2.75, 3.05) is 19.5 Å². The topological polar surface area (TPSA) is 48.3 Å². The summed E-state index contributed by atoms with van der Waals surface area (Å²) in [5.74, 6) is 2.26. The van der Waals surface area contributed by atoms with E-state index in [1.807, 2.05) is 30.3 Å². The van der Waals surface area contributed by atoms with Crippen molar-refractivity contribution >= 4 is 22.7 Å². The van der Waals surface area contributed by atoms with Gasteiger partial charge < -0.3 is 14.8 Å². The minimum atomic E-state index is -0.106. The van der Waals surface area contributed by atoms with Gasteiger partial charge in [-0.25, -0.2) is 4.98 Å². The van der Waals surface area contributed by atoms with E-state index in [0.29, 0.717) is 5.75 Å². The molecule has 1 aromatic heterocycles. The maximum Gasteiger partial charge on any atom is 0.209 e. The summed E-state index contributed by atoms with van der Waals surface area (Å²) in [5.41, 5.74) is 7.73. The maximum absolute atomic E-state index is 5.79. The van der Waals surface area contributed by atoms with Crippen molar-refractivity contribution in [3.63, 3.8) is 0 Å². The molecule has 0 spiro atoms. The predicted molar refractivity (Wildman–Crippen MR) is 125 cm³/mol. The summed E-state index contributed by atoms with van der Waals surface area (Å²) >= 11 is 0. The number of hydrogen-bond acceptors (Lipinski definition) is 4. The highest BCUT2D eigenvalue weighted by molar-refractivity contribution is 5.86.